The fraction of sp³-hybridized carbons (Fsp3) is 0.255. The van der Waals surface area contributed by atoms with Gasteiger partial charge in [0.1, 0.15) is 17.5 Å². The summed E-state index contributed by atoms with van der Waals surface area (Å²) in [6, 6.07) is 22.1. The number of anilines is 2. The predicted molar refractivity (Wildman–Crippen MR) is 226 cm³/mol. The van der Waals surface area contributed by atoms with Crippen LogP contribution in [0.5, 0.6) is 11.5 Å². The molecule has 0 spiro atoms. The van der Waals surface area contributed by atoms with Gasteiger partial charge >= 0.3 is 24.1 Å². The van der Waals surface area contributed by atoms with E-state index >= 15 is 26.3 Å². The van der Waals surface area contributed by atoms with Crippen LogP contribution in [0.25, 0.3) is 32.7 Å². The molecule has 1 heterocycles. The maximum Gasteiger partial charge on any atom is 0.460 e. The van der Waals surface area contributed by atoms with Gasteiger partial charge in [0, 0.05) is 22.4 Å². The highest BCUT2D eigenvalue weighted by Crippen LogP contribution is 2.50. The number of hydrogen-bond donors (Lipinski definition) is 5. The van der Waals surface area contributed by atoms with E-state index in [1.165, 1.54) is 24.3 Å². The molecule has 0 radical (unpaired) electrons. The molecule has 7 rings (SSSR count). The highest BCUT2D eigenvalue weighted by Gasteiger charge is 2.62. The van der Waals surface area contributed by atoms with Gasteiger partial charge in [-0.1, -0.05) is 78.9 Å². The van der Waals surface area contributed by atoms with Crippen molar-refractivity contribution in [2.24, 2.45) is 0 Å². The molecule has 1 aliphatic heterocycles. The van der Waals surface area contributed by atoms with E-state index in [1.807, 2.05) is 0 Å². The number of benzene rings is 6. The molecule has 4 bridgehead atoms. The zero-order valence-corrected chi connectivity index (χ0v) is 34.7. The Bertz CT molecular complexity index is 2810. The summed E-state index contributed by atoms with van der Waals surface area (Å²) in [4.78, 5) is 43.0. The number of esters is 1. The monoisotopic (exact) mass is 889 g/mol. The normalized spacial score (nSPS) is 20.0. The van der Waals surface area contributed by atoms with Crippen LogP contribution in [0.3, 0.4) is 0 Å². The van der Waals surface area contributed by atoms with Crippen LogP contribution in [0, 0.1) is 0 Å². The molecule has 17 heteroatoms. The number of amides is 2. The van der Waals surface area contributed by atoms with E-state index in [0.717, 1.165) is 30.3 Å². The zero-order valence-electron chi connectivity index (χ0n) is 34.7. The number of ether oxygens (including phenoxy) is 3. The van der Waals surface area contributed by atoms with Crippen LogP contribution in [0.4, 0.5) is 37.7 Å². The fourth-order valence-electron chi connectivity index (χ4n) is 7.57. The molecule has 2 amide bonds. The van der Waals surface area contributed by atoms with Crippen LogP contribution < -0.4 is 25.4 Å². The van der Waals surface area contributed by atoms with Crippen LogP contribution in [0.2, 0.25) is 0 Å². The molecule has 0 aromatic heterocycles. The first kappa shape index (κ1) is 45.3. The first-order valence-electron chi connectivity index (χ1n) is 19.9. The van der Waals surface area contributed by atoms with Crippen LogP contribution in [0.1, 0.15) is 66.5 Å². The van der Waals surface area contributed by atoms with E-state index in [4.69, 9.17) is 9.47 Å². The quantitative estimate of drug-likeness (QED) is 0.0860. The van der Waals surface area contributed by atoms with E-state index in [1.54, 1.807) is 81.5 Å². The Labute approximate surface area is 361 Å². The summed E-state index contributed by atoms with van der Waals surface area (Å²) in [7, 11) is 0. The minimum absolute atomic E-state index is 0.0874. The zero-order chi connectivity index (χ0) is 46.5. The lowest BCUT2D eigenvalue weighted by molar-refractivity contribution is -0.361. The van der Waals surface area contributed by atoms with E-state index < -0.39 is 82.4 Å². The third-order valence-electron chi connectivity index (χ3n) is 10.4. The van der Waals surface area contributed by atoms with E-state index in [-0.39, 0.29) is 33.8 Å². The molecule has 0 fully saturated rings. The molecule has 0 saturated carbocycles. The Morgan fingerprint density at radius 2 is 1.02 bits per heavy atom. The highest BCUT2D eigenvalue weighted by molar-refractivity contribution is 6.19. The Morgan fingerprint density at radius 1 is 0.609 bits per heavy atom. The molecule has 0 aliphatic carbocycles. The third-order valence-corrected chi connectivity index (χ3v) is 10.4. The van der Waals surface area contributed by atoms with Gasteiger partial charge in [0.2, 0.25) is 5.72 Å². The fourth-order valence-corrected chi connectivity index (χ4v) is 7.57. The van der Waals surface area contributed by atoms with Crippen LogP contribution in [-0.2, 0) is 21.0 Å². The number of alkyl halides is 6. The lowest BCUT2D eigenvalue weighted by Gasteiger charge is -2.36. The largest absolute Gasteiger partial charge is 0.489 e. The smallest absolute Gasteiger partial charge is 0.460 e. The topological polar surface area (TPSA) is 155 Å². The second-order valence-electron chi connectivity index (χ2n) is 15.7. The van der Waals surface area contributed by atoms with Crippen molar-refractivity contribution in [2.75, 3.05) is 10.6 Å². The number of carbonyl (C=O) groups excluding carboxylic acids is 3. The molecule has 64 heavy (non-hydrogen) atoms. The summed E-state index contributed by atoms with van der Waals surface area (Å²) in [5, 5.41) is 31.2. The van der Waals surface area contributed by atoms with Crippen molar-refractivity contribution in [2.45, 2.75) is 76.7 Å². The van der Waals surface area contributed by atoms with Crippen molar-refractivity contribution in [1.29, 1.82) is 0 Å². The first-order chi connectivity index (χ1) is 30.1. The summed E-state index contributed by atoms with van der Waals surface area (Å²) >= 11 is 0. The van der Waals surface area contributed by atoms with Gasteiger partial charge in [0.25, 0.3) is 11.8 Å². The van der Waals surface area contributed by atoms with E-state index in [0.29, 0.717) is 34.5 Å². The average molecular weight is 890 g/mol. The molecular weight excluding hydrogens is 849 g/mol. The van der Waals surface area contributed by atoms with E-state index in [2.05, 4.69) is 15.4 Å². The van der Waals surface area contributed by atoms with Crippen LogP contribution in [0.15, 0.2) is 109 Å². The number of halogens is 6. The van der Waals surface area contributed by atoms with Crippen molar-refractivity contribution in [3.63, 3.8) is 0 Å². The number of aliphatic hydroxyl groups is 2. The second kappa shape index (κ2) is 16.8. The minimum Gasteiger partial charge on any atom is -0.489 e. The summed E-state index contributed by atoms with van der Waals surface area (Å²) in [5.74, 6) is -8.99. The molecule has 2 unspecified atom stereocenters. The summed E-state index contributed by atoms with van der Waals surface area (Å²) in [5.41, 5.74) is -7.89. The lowest BCUT2D eigenvalue weighted by atomic mass is 9.88. The number of rotatable bonds is 4. The number of hydrogen-bond acceptors (Lipinski definition) is 9. The van der Waals surface area contributed by atoms with Crippen LogP contribution in [-0.4, -0.2) is 58.6 Å². The molecule has 6 aromatic rings. The van der Waals surface area contributed by atoms with Crippen molar-refractivity contribution in [1.82, 2.24) is 5.32 Å². The number of fused-ring (bicyclic) bond motifs is 11. The third kappa shape index (κ3) is 8.17. The molecule has 3 atom stereocenters. The number of para-hydroxylation sites is 2. The molecular formula is C47H41F6N3O8. The summed E-state index contributed by atoms with van der Waals surface area (Å²) in [6.45, 7) is 7.35. The Kier molecular flexibility index (Phi) is 11.9. The number of cyclic esters (lactones) is 1. The van der Waals surface area contributed by atoms with Gasteiger partial charge in [-0.15, -0.1) is 0 Å². The van der Waals surface area contributed by atoms with Gasteiger partial charge < -0.3 is 35.1 Å². The lowest BCUT2D eigenvalue weighted by Crippen LogP contribution is -2.60. The standard InChI is InChI=1S/C47H41F6N3O8/c1-24(2)62-39-31-22-27-14-6-8-16-29(27)37(39)38-30-17-9-7-15-28(30)23-32(40(38)63-25(3)4)42(58)55-36-21-13-11-19-34(36)45(61,47(51,52)53)64-43(59)26(5)56-44(60,46(48,49)50)33-18-10-12-20-35(33)54-41(31)57/h6-26,56,60-61H,1-5H3,(H,54,57)(H,55,58)/t26-,44?,45?/m1/s1. The molecule has 0 saturated heterocycles. The maximum atomic E-state index is 15.2. The minimum atomic E-state index is -5.88. The van der Waals surface area contributed by atoms with E-state index in [9.17, 15) is 24.6 Å². The van der Waals surface area contributed by atoms with Crippen molar-refractivity contribution in [3.05, 3.63) is 131 Å². The van der Waals surface area contributed by atoms with Gasteiger partial charge in [-0.25, -0.2) is 0 Å². The predicted octanol–water partition coefficient (Wildman–Crippen LogP) is 9.69. The molecule has 1 aliphatic rings. The SMILES string of the molecule is CC(C)Oc1c2cc3ccccc3c1-c1c(OC(C)C)c(cc3ccccc13)C(=O)Nc1ccccc1C(O)(C(F)(F)F)OC(=O)[C@@H](C)NC(O)(C(F)(F)F)c1ccccc1NC2=O. The first-order valence-corrected chi connectivity index (χ1v) is 19.9. The molecule has 5 N–H and O–H groups in total. The second-order valence-corrected chi connectivity index (χ2v) is 15.7. The van der Waals surface area contributed by atoms with Gasteiger partial charge in [-0.2, -0.15) is 26.3 Å². The summed E-state index contributed by atoms with van der Waals surface area (Å²) < 4.78 is 108. The van der Waals surface area contributed by atoms with Gasteiger partial charge in [-0.05, 0) is 86.5 Å². The van der Waals surface area contributed by atoms with Crippen LogP contribution >= 0.6 is 0 Å². The Morgan fingerprint density at radius 3 is 1.45 bits per heavy atom. The van der Waals surface area contributed by atoms with Crippen molar-refractivity contribution >= 4 is 50.7 Å². The Hall–Kier alpha value is -6.69. The van der Waals surface area contributed by atoms with Gasteiger partial charge in [-0.3, -0.25) is 19.7 Å². The van der Waals surface area contributed by atoms with Gasteiger partial charge in [0.05, 0.1) is 34.6 Å². The van der Waals surface area contributed by atoms with Gasteiger partial charge in [0.15, 0.2) is 0 Å². The number of carbonyl (C=O) groups is 3. The average Bonchev–Trinajstić information content (AvgIpc) is 3.22. The highest BCUT2D eigenvalue weighted by atomic mass is 19.4. The molecule has 6 aromatic carbocycles. The maximum absolute atomic E-state index is 15.2. The van der Waals surface area contributed by atoms with Crippen molar-refractivity contribution in [3.8, 4) is 22.6 Å². The van der Waals surface area contributed by atoms with Crippen molar-refractivity contribution < 1.29 is 65.1 Å². The summed E-state index contributed by atoms with van der Waals surface area (Å²) in [6.07, 6.45) is -12.9. The molecule has 334 valence electrons. The Balaban J connectivity index is 1.64. The molecule has 11 nitrogen and oxygen atoms in total. The number of nitrogens with one attached hydrogen (secondary N) is 3.